The second kappa shape index (κ2) is 12.2. The molecular formula is C45H29N3O. The molecule has 0 spiro atoms. The van der Waals surface area contributed by atoms with Crippen molar-refractivity contribution < 1.29 is 4.42 Å². The van der Waals surface area contributed by atoms with Crippen LogP contribution in [0.4, 0.5) is 0 Å². The Bertz CT molecular complexity index is 2540. The summed E-state index contributed by atoms with van der Waals surface area (Å²) in [4.78, 5) is 15.0. The summed E-state index contributed by atoms with van der Waals surface area (Å²) in [5, 5.41) is 2.01. The molecule has 4 heteroatoms. The number of hydrogen-bond donors (Lipinski definition) is 0. The Balaban J connectivity index is 1.23. The lowest BCUT2D eigenvalue weighted by molar-refractivity contribution is 0.669. The minimum atomic E-state index is 0.599. The zero-order valence-corrected chi connectivity index (χ0v) is 26.5. The van der Waals surface area contributed by atoms with Gasteiger partial charge in [0.15, 0.2) is 17.5 Å². The van der Waals surface area contributed by atoms with Crippen molar-refractivity contribution in [3.63, 3.8) is 0 Å². The molecule has 0 atom stereocenters. The molecule has 0 saturated heterocycles. The lowest BCUT2D eigenvalue weighted by Crippen LogP contribution is -2.00. The summed E-state index contributed by atoms with van der Waals surface area (Å²) in [5.41, 5.74) is 11.3. The Labute approximate surface area is 284 Å². The fourth-order valence-electron chi connectivity index (χ4n) is 6.60. The SMILES string of the molecule is c1ccc(-c2cccc(-c3cccc(-c4cccc5oc6cccc(-c7nc(-c8ccccc8)nc(-c8ccccc8)n7)c6c45)c3)c2)cc1. The molecule has 0 aliphatic heterocycles. The molecule has 0 amide bonds. The van der Waals surface area contributed by atoms with Gasteiger partial charge >= 0.3 is 0 Å². The topological polar surface area (TPSA) is 51.8 Å². The smallest absolute Gasteiger partial charge is 0.164 e. The van der Waals surface area contributed by atoms with Crippen LogP contribution in [-0.4, -0.2) is 15.0 Å². The average molecular weight is 628 g/mol. The first-order valence-corrected chi connectivity index (χ1v) is 16.4. The van der Waals surface area contributed by atoms with Crippen LogP contribution in [0.1, 0.15) is 0 Å². The summed E-state index contributed by atoms with van der Waals surface area (Å²) >= 11 is 0. The van der Waals surface area contributed by atoms with Crippen LogP contribution in [0.15, 0.2) is 180 Å². The average Bonchev–Trinajstić information content (AvgIpc) is 3.58. The normalized spacial score (nSPS) is 11.3. The molecule has 0 N–H and O–H groups in total. The summed E-state index contributed by atoms with van der Waals surface area (Å²) in [6.45, 7) is 0. The van der Waals surface area contributed by atoms with Gasteiger partial charge in [-0.15, -0.1) is 0 Å². The van der Waals surface area contributed by atoms with Gasteiger partial charge in [0.2, 0.25) is 0 Å². The molecule has 2 heterocycles. The van der Waals surface area contributed by atoms with E-state index < -0.39 is 0 Å². The van der Waals surface area contributed by atoms with E-state index in [9.17, 15) is 0 Å². The molecule has 230 valence electrons. The van der Waals surface area contributed by atoms with Gasteiger partial charge in [-0.05, 0) is 57.6 Å². The van der Waals surface area contributed by atoms with E-state index in [2.05, 4.69) is 91.0 Å². The van der Waals surface area contributed by atoms with Gasteiger partial charge in [-0.1, -0.05) is 152 Å². The van der Waals surface area contributed by atoms with Crippen LogP contribution in [-0.2, 0) is 0 Å². The zero-order chi connectivity index (χ0) is 32.6. The molecule has 49 heavy (non-hydrogen) atoms. The van der Waals surface area contributed by atoms with E-state index in [0.29, 0.717) is 17.5 Å². The van der Waals surface area contributed by atoms with Crippen molar-refractivity contribution in [2.75, 3.05) is 0 Å². The Kier molecular flexibility index (Phi) is 7.10. The van der Waals surface area contributed by atoms with Crippen LogP contribution >= 0.6 is 0 Å². The number of furan rings is 1. The lowest BCUT2D eigenvalue weighted by Gasteiger charge is -2.11. The predicted molar refractivity (Wildman–Crippen MR) is 200 cm³/mol. The summed E-state index contributed by atoms with van der Waals surface area (Å²) in [6.07, 6.45) is 0. The number of benzene rings is 7. The predicted octanol–water partition coefficient (Wildman–Crippen LogP) is 11.8. The van der Waals surface area contributed by atoms with Crippen molar-refractivity contribution in [1.82, 2.24) is 15.0 Å². The molecule has 0 aliphatic carbocycles. The first kappa shape index (κ1) is 28.6. The number of hydrogen-bond acceptors (Lipinski definition) is 4. The molecule has 7 aromatic carbocycles. The van der Waals surface area contributed by atoms with E-state index in [4.69, 9.17) is 19.4 Å². The maximum atomic E-state index is 6.51. The molecule has 0 saturated carbocycles. The monoisotopic (exact) mass is 627 g/mol. The Morgan fingerprint density at radius 1 is 0.286 bits per heavy atom. The summed E-state index contributed by atoms with van der Waals surface area (Å²) in [5.74, 6) is 1.85. The molecular weight excluding hydrogens is 599 g/mol. The van der Waals surface area contributed by atoms with Crippen LogP contribution < -0.4 is 0 Å². The van der Waals surface area contributed by atoms with Gasteiger partial charge in [0.05, 0.1) is 0 Å². The van der Waals surface area contributed by atoms with E-state index in [0.717, 1.165) is 55.3 Å². The third kappa shape index (κ3) is 5.35. The highest BCUT2D eigenvalue weighted by Crippen LogP contribution is 2.42. The number of fused-ring (bicyclic) bond motifs is 3. The van der Waals surface area contributed by atoms with Crippen LogP contribution in [0.3, 0.4) is 0 Å². The molecule has 0 fully saturated rings. The third-order valence-electron chi connectivity index (χ3n) is 8.94. The van der Waals surface area contributed by atoms with Crippen LogP contribution in [0.2, 0.25) is 0 Å². The second-order valence-corrected chi connectivity index (χ2v) is 12.0. The van der Waals surface area contributed by atoms with Gasteiger partial charge < -0.3 is 4.42 Å². The molecule has 0 radical (unpaired) electrons. The lowest BCUT2D eigenvalue weighted by atomic mass is 9.93. The van der Waals surface area contributed by atoms with Crippen molar-refractivity contribution in [2.24, 2.45) is 0 Å². The van der Waals surface area contributed by atoms with E-state index in [1.165, 1.54) is 16.7 Å². The molecule has 4 nitrogen and oxygen atoms in total. The quantitative estimate of drug-likeness (QED) is 0.184. The van der Waals surface area contributed by atoms with Crippen molar-refractivity contribution >= 4 is 21.9 Å². The summed E-state index contributed by atoms with van der Waals surface area (Å²) < 4.78 is 6.51. The number of rotatable bonds is 6. The molecule has 9 aromatic rings. The van der Waals surface area contributed by atoms with Gasteiger partial charge in [-0.3, -0.25) is 0 Å². The second-order valence-electron chi connectivity index (χ2n) is 12.0. The van der Waals surface area contributed by atoms with Crippen molar-refractivity contribution in [3.05, 3.63) is 176 Å². The van der Waals surface area contributed by atoms with Gasteiger partial charge in [-0.25, -0.2) is 15.0 Å². The number of aromatic nitrogens is 3. The van der Waals surface area contributed by atoms with Gasteiger partial charge in [0.25, 0.3) is 0 Å². The van der Waals surface area contributed by atoms with E-state index in [1.54, 1.807) is 0 Å². The van der Waals surface area contributed by atoms with E-state index in [1.807, 2.05) is 84.9 Å². The molecule has 0 unspecified atom stereocenters. The highest BCUT2D eigenvalue weighted by atomic mass is 16.3. The van der Waals surface area contributed by atoms with Crippen molar-refractivity contribution in [2.45, 2.75) is 0 Å². The van der Waals surface area contributed by atoms with Crippen molar-refractivity contribution in [1.29, 1.82) is 0 Å². The molecule has 0 aliphatic rings. The van der Waals surface area contributed by atoms with Gasteiger partial charge in [-0.2, -0.15) is 0 Å². The Hall–Kier alpha value is -6.65. The summed E-state index contributed by atoms with van der Waals surface area (Å²) in [7, 11) is 0. The minimum absolute atomic E-state index is 0.599. The fraction of sp³-hybridized carbons (Fsp3) is 0. The molecule has 0 bridgehead atoms. The summed E-state index contributed by atoms with van der Waals surface area (Å²) in [6, 6.07) is 60.5. The first-order valence-electron chi connectivity index (χ1n) is 16.4. The molecule has 2 aromatic heterocycles. The highest BCUT2D eigenvalue weighted by Gasteiger charge is 2.20. The van der Waals surface area contributed by atoms with Crippen LogP contribution in [0.5, 0.6) is 0 Å². The maximum Gasteiger partial charge on any atom is 0.164 e. The largest absolute Gasteiger partial charge is 0.456 e. The number of nitrogens with zero attached hydrogens (tertiary/aromatic N) is 3. The molecule has 9 rings (SSSR count). The highest BCUT2D eigenvalue weighted by molar-refractivity contribution is 6.17. The standard InChI is InChI=1S/C45H29N3O/c1-4-14-30(15-5-1)33-20-10-21-34(28-33)35-22-11-23-36(29-35)37-24-12-26-39-41(37)42-38(25-13-27-40(42)49-39)45-47-43(31-16-6-2-7-17-31)46-44(48-45)32-18-8-3-9-19-32/h1-29H. The van der Waals surface area contributed by atoms with Gasteiger partial charge in [0.1, 0.15) is 11.2 Å². The first-order chi connectivity index (χ1) is 24.3. The van der Waals surface area contributed by atoms with Crippen LogP contribution in [0, 0.1) is 0 Å². The third-order valence-corrected chi connectivity index (χ3v) is 8.94. The van der Waals surface area contributed by atoms with Crippen LogP contribution in [0.25, 0.3) is 89.5 Å². The van der Waals surface area contributed by atoms with E-state index >= 15 is 0 Å². The minimum Gasteiger partial charge on any atom is -0.456 e. The van der Waals surface area contributed by atoms with E-state index in [-0.39, 0.29) is 0 Å². The Morgan fingerprint density at radius 3 is 1.24 bits per heavy atom. The maximum absolute atomic E-state index is 6.51. The zero-order valence-electron chi connectivity index (χ0n) is 26.5. The fourth-order valence-corrected chi connectivity index (χ4v) is 6.60. The van der Waals surface area contributed by atoms with Gasteiger partial charge in [0, 0.05) is 27.5 Å². The Morgan fingerprint density at radius 2 is 0.673 bits per heavy atom. The van der Waals surface area contributed by atoms with Crippen molar-refractivity contribution in [3.8, 4) is 67.5 Å².